The van der Waals surface area contributed by atoms with E-state index in [9.17, 15) is 4.79 Å². The van der Waals surface area contributed by atoms with Gasteiger partial charge in [-0.1, -0.05) is 18.5 Å². The van der Waals surface area contributed by atoms with Gasteiger partial charge in [0.05, 0.1) is 0 Å². The molecule has 0 amide bonds. The van der Waals surface area contributed by atoms with Gasteiger partial charge in [0.15, 0.2) is 5.71 Å². The molecule has 0 saturated heterocycles. The first-order chi connectivity index (χ1) is 8.05. The molecule has 0 aliphatic rings. The summed E-state index contributed by atoms with van der Waals surface area (Å²) in [4.78, 5) is 12.0. The van der Waals surface area contributed by atoms with Gasteiger partial charge >= 0.3 is 5.97 Å². The first-order valence-electron chi connectivity index (χ1n) is 6.53. The molecule has 0 heterocycles. The fourth-order valence-corrected chi connectivity index (χ4v) is 2.12. The third-order valence-electron chi connectivity index (χ3n) is 1.83. The van der Waals surface area contributed by atoms with Gasteiger partial charge in [-0.15, -0.1) is 0 Å². The number of carbonyl (C=O) groups is 1. The summed E-state index contributed by atoms with van der Waals surface area (Å²) in [7, 11) is -3.62. The Hall–Kier alpha value is -0.626. The standard InChI is InChI=1S/C12H27NO3Si2/c1-8-9-10-11(13-16-18(5,6)7)12(14)15-17(2,3)4/h8-10H2,1-7H3/b13-11-. The van der Waals surface area contributed by atoms with Gasteiger partial charge in [0.25, 0.3) is 8.32 Å². The Morgan fingerprint density at radius 1 is 1.06 bits per heavy atom. The third-order valence-corrected chi connectivity index (χ3v) is 3.27. The molecule has 0 unspecified atom stereocenters. The number of rotatable bonds is 7. The number of unbranched alkanes of at least 4 members (excludes halogenated alkanes) is 1. The zero-order valence-electron chi connectivity index (χ0n) is 12.8. The molecule has 0 aliphatic carbocycles. The summed E-state index contributed by atoms with van der Waals surface area (Å²) in [5.74, 6) is -0.305. The summed E-state index contributed by atoms with van der Waals surface area (Å²) in [5, 5.41) is 4.04. The van der Waals surface area contributed by atoms with E-state index < -0.39 is 16.6 Å². The minimum atomic E-state index is -1.87. The summed E-state index contributed by atoms with van der Waals surface area (Å²) < 4.78 is 10.9. The Bertz CT molecular complexity index is 303. The van der Waals surface area contributed by atoms with E-state index >= 15 is 0 Å². The summed E-state index contributed by atoms with van der Waals surface area (Å²) in [5.41, 5.74) is 0.432. The van der Waals surface area contributed by atoms with E-state index in [-0.39, 0.29) is 5.97 Å². The Balaban J connectivity index is 4.71. The monoisotopic (exact) mass is 289 g/mol. The molecule has 18 heavy (non-hydrogen) atoms. The average Bonchev–Trinajstić information content (AvgIpc) is 2.13. The highest BCUT2D eigenvalue weighted by Gasteiger charge is 2.24. The van der Waals surface area contributed by atoms with Crippen molar-refractivity contribution in [2.45, 2.75) is 65.5 Å². The third kappa shape index (κ3) is 9.41. The van der Waals surface area contributed by atoms with Crippen LogP contribution in [0.1, 0.15) is 26.2 Å². The molecular weight excluding hydrogens is 262 g/mol. The highest BCUT2D eigenvalue weighted by atomic mass is 28.4. The van der Waals surface area contributed by atoms with Crippen LogP contribution < -0.4 is 0 Å². The molecule has 0 saturated carbocycles. The smallest absolute Gasteiger partial charge is 0.342 e. The lowest BCUT2D eigenvalue weighted by Gasteiger charge is -2.19. The topological polar surface area (TPSA) is 47.9 Å². The van der Waals surface area contributed by atoms with E-state index in [1.54, 1.807) is 0 Å². The largest absolute Gasteiger partial charge is 0.515 e. The normalized spacial score (nSPS) is 13.4. The van der Waals surface area contributed by atoms with Crippen molar-refractivity contribution in [3.8, 4) is 0 Å². The van der Waals surface area contributed by atoms with Crippen molar-refractivity contribution in [3.05, 3.63) is 0 Å². The van der Waals surface area contributed by atoms with Crippen LogP contribution >= 0.6 is 0 Å². The highest BCUT2D eigenvalue weighted by molar-refractivity contribution is 6.72. The predicted molar refractivity (Wildman–Crippen MR) is 80.8 cm³/mol. The van der Waals surface area contributed by atoms with Crippen LogP contribution in [-0.4, -0.2) is 28.3 Å². The lowest BCUT2D eigenvalue weighted by atomic mass is 10.2. The van der Waals surface area contributed by atoms with Crippen LogP contribution in [0.25, 0.3) is 0 Å². The van der Waals surface area contributed by atoms with Crippen LogP contribution in [-0.2, 0) is 13.7 Å². The Morgan fingerprint density at radius 2 is 1.61 bits per heavy atom. The molecular formula is C12H27NO3Si2. The number of hydrogen-bond acceptors (Lipinski definition) is 4. The second-order valence-electron chi connectivity index (χ2n) is 6.35. The van der Waals surface area contributed by atoms with Gasteiger partial charge in [0.2, 0.25) is 8.32 Å². The van der Waals surface area contributed by atoms with E-state index in [1.165, 1.54) is 0 Å². The van der Waals surface area contributed by atoms with Crippen LogP contribution in [0.5, 0.6) is 0 Å². The minimum Gasteiger partial charge on any atom is -0.515 e. The molecule has 6 heteroatoms. The van der Waals surface area contributed by atoms with Crippen molar-refractivity contribution >= 4 is 28.3 Å². The zero-order valence-corrected chi connectivity index (χ0v) is 14.8. The van der Waals surface area contributed by atoms with E-state index in [4.69, 9.17) is 8.95 Å². The molecule has 0 rings (SSSR count). The molecule has 0 aromatic rings. The van der Waals surface area contributed by atoms with Crippen molar-refractivity contribution in [3.63, 3.8) is 0 Å². The van der Waals surface area contributed by atoms with E-state index in [2.05, 4.69) is 12.1 Å². The van der Waals surface area contributed by atoms with Gasteiger partial charge < -0.3 is 8.95 Å². The molecule has 0 aromatic carbocycles. The SMILES string of the molecule is CCCC/C(=N/O[Si](C)(C)C)C(=O)O[Si](C)(C)C. The van der Waals surface area contributed by atoms with Gasteiger partial charge in [-0.25, -0.2) is 4.79 Å². The number of hydrogen-bond donors (Lipinski definition) is 0. The van der Waals surface area contributed by atoms with Crippen LogP contribution in [0.15, 0.2) is 5.16 Å². The molecule has 0 aliphatic heterocycles. The molecule has 106 valence electrons. The Kier molecular flexibility index (Phi) is 6.84. The molecule has 0 bridgehead atoms. The molecule has 0 aromatic heterocycles. The molecule has 4 nitrogen and oxygen atoms in total. The van der Waals surface area contributed by atoms with E-state index in [0.717, 1.165) is 12.8 Å². The summed E-state index contributed by atoms with van der Waals surface area (Å²) >= 11 is 0. The fraction of sp³-hybridized carbons (Fsp3) is 0.833. The van der Waals surface area contributed by atoms with Gasteiger partial charge in [0, 0.05) is 6.42 Å². The van der Waals surface area contributed by atoms with Crippen molar-refractivity contribution in [2.75, 3.05) is 0 Å². The summed E-state index contributed by atoms with van der Waals surface area (Å²) in [6, 6.07) is 0. The first-order valence-corrected chi connectivity index (χ1v) is 13.3. The minimum absolute atomic E-state index is 0.305. The maximum Gasteiger partial charge on any atom is 0.342 e. The zero-order chi connectivity index (χ0) is 14.4. The van der Waals surface area contributed by atoms with Crippen molar-refractivity contribution in [2.24, 2.45) is 5.16 Å². The van der Waals surface area contributed by atoms with Gasteiger partial charge in [-0.05, 0) is 45.7 Å². The molecule has 0 atom stereocenters. The number of carbonyl (C=O) groups excluding carboxylic acids is 1. The molecule has 0 radical (unpaired) electrons. The maximum absolute atomic E-state index is 12.0. The highest BCUT2D eigenvalue weighted by Crippen LogP contribution is 2.09. The predicted octanol–water partition coefficient (Wildman–Crippen LogP) is 3.76. The first kappa shape index (κ1) is 17.4. The van der Waals surface area contributed by atoms with Crippen LogP contribution in [0.3, 0.4) is 0 Å². The van der Waals surface area contributed by atoms with E-state index in [0.29, 0.717) is 12.1 Å². The average molecular weight is 290 g/mol. The maximum atomic E-state index is 12.0. The van der Waals surface area contributed by atoms with Crippen LogP contribution in [0.4, 0.5) is 0 Å². The molecule has 0 fully saturated rings. The number of oxime groups is 1. The second-order valence-corrected chi connectivity index (χ2v) is 15.2. The van der Waals surface area contributed by atoms with Gasteiger partial charge in [-0.2, -0.15) is 0 Å². The number of nitrogens with zero attached hydrogens (tertiary/aromatic N) is 1. The van der Waals surface area contributed by atoms with Crippen molar-refractivity contribution in [1.82, 2.24) is 0 Å². The summed E-state index contributed by atoms with van der Waals surface area (Å²) in [6.45, 7) is 14.2. The molecule has 0 N–H and O–H groups in total. The van der Waals surface area contributed by atoms with E-state index in [1.807, 2.05) is 39.3 Å². The second kappa shape index (κ2) is 7.08. The molecule has 0 spiro atoms. The van der Waals surface area contributed by atoms with Crippen LogP contribution in [0.2, 0.25) is 39.3 Å². The lowest BCUT2D eigenvalue weighted by molar-refractivity contribution is -0.127. The summed E-state index contributed by atoms with van der Waals surface area (Å²) in [6.07, 6.45) is 2.57. The van der Waals surface area contributed by atoms with Crippen molar-refractivity contribution in [1.29, 1.82) is 0 Å². The fourth-order valence-electron chi connectivity index (χ4n) is 1.06. The van der Waals surface area contributed by atoms with Gasteiger partial charge in [0.1, 0.15) is 0 Å². The Morgan fingerprint density at radius 3 is 2.00 bits per heavy atom. The lowest BCUT2D eigenvalue weighted by Crippen LogP contribution is -2.34. The van der Waals surface area contributed by atoms with Crippen molar-refractivity contribution < 1.29 is 13.7 Å². The Labute approximate surface area is 113 Å². The van der Waals surface area contributed by atoms with Crippen LogP contribution in [0, 0.1) is 0 Å². The van der Waals surface area contributed by atoms with Gasteiger partial charge in [-0.3, -0.25) is 0 Å². The quantitative estimate of drug-likeness (QED) is 0.407.